The van der Waals surface area contributed by atoms with Gasteiger partial charge in [-0.2, -0.15) is 0 Å². The zero-order chi connectivity index (χ0) is 10.0. The molecule has 1 saturated carbocycles. The van der Waals surface area contributed by atoms with E-state index < -0.39 is 0 Å². The minimum Gasteiger partial charge on any atom is -0.380 e. The van der Waals surface area contributed by atoms with Gasteiger partial charge in [-0.3, -0.25) is 0 Å². The highest BCUT2D eigenvalue weighted by atomic mass is 16.5. The molecular weight excluding hydrogens is 174 g/mol. The minimum absolute atomic E-state index is 0.501. The highest BCUT2D eigenvalue weighted by Crippen LogP contribution is 2.44. The van der Waals surface area contributed by atoms with E-state index in [1.807, 2.05) is 0 Å². The van der Waals surface area contributed by atoms with Crippen molar-refractivity contribution in [3.05, 3.63) is 0 Å². The van der Waals surface area contributed by atoms with E-state index in [4.69, 9.17) is 4.74 Å². The Kier molecular flexibility index (Phi) is 3.13. The summed E-state index contributed by atoms with van der Waals surface area (Å²) in [4.78, 5) is 0. The van der Waals surface area contributed by atoms with E-state index >= 15 is 0 Å². The molecule has 2 heteroatoms. The molecule has 1 aliphatic carbocycles. The van der Waals surface area contributed by atoms with Gasteiger partial charge in [0.2, 0.25) is 0 Å². The molecule has 0 radical (unpaired) electrons. The van der Waals surface area contributed by atoms with Gasteiger partial charge >= 0.3 is 0 Å². The molecule has 2 fully saturated rings. The number of hydrogen-bond acceptors (Lipinski definition) is 2. The van der Waals surface area contributed by atoms with Crippen LogP contribution in [0.4, 0.5) is 0 Å². The molecule has 82 valence electrons. The van der Waals surface area contributed by atoms with Crippen molar-refractivity contribution in [3.8, 4) is 0 Å². The molecule has 1 aliphatic heterocycles. The molecule has 1 heterocycles. The molecule has 0 amide bonds. The van der Waals surface area contributed by atoms with Crippen molar-refractivity contribution in [2.45, 2.75) is 45.6 Å². The largest absolute Gasteiger partial charge is 0.380 e. The van der Waals surface area contributed by atoms with Gasteiger partial charge in [-0.05, 0) is 18.8 Å². The van der Waals surface area contributed by atoms with E-state index in [1.54, 1.807) is 0 Å². The highest BCUT2D eigenvalue weighted by Gasteiger charge is 2.45. The maximum atomic E-state index is 5.44. The summed E-state index contributed by atoms with van der Waals surface area (Å²) in [7, 11) is 0. The van der Waals surface area contributed by atoms with Crippen molar-refractivity contribution in [1.82, 2.24) is 5.32 Å². The lowest BCUT2D eigenvalue weighted by Gasteiger charge is -2.46. The molecule has 0 atom stereocenters. The normalized spacial score (nSPS) is 26.8. The summed E-state index contributed by atoms with van der Waals surface area (Å²) in [6.45, 7) is 7.61. The van der Waals surface area contributed by atoms with E-state index in [0.29, 0.717) is 11.5 Å². The Balaban J connectivity index is 1.88. The lowest BCUT2D eigenvalue weighted by atomic mass is 9.72. The lowest BCUT2D eigenvalue weighted by Crippen LogP contribution is -2.54. The van der Waals surface area contributed by atoms with Gasteiger partial charge in [-0.15, -0.1) is 0 Å². The van der Waals surface area contributed by atoms with Crippen LogP contribution in [-0.4, -0.2) is 25.8 Å². The number of nitrogens with one attached hydrogen (secondary N) is 1. The van der Waals surface area contributed by atoms with Crippen LogP contribution in [0.25, 0.3) is 0 Å². The molecule has 0 aromatic heterocycles. The van der Waals surface area contributed by atoms with E-state index in [2.05, 4.69) is 19.2 Å². The van der Waals surface area contributed by atoms with Crippen molar-refractivity contribution in [3.63, 3.8) is 0 Å². The van der Waals surface area contributed by atoms with Crippen molar-refractivity contribution >= 4 is 0 Å². The fourth-order valence-corrected chi connectivity index (χ4v) is 2.79. The van der Waals surface area contributed by atoms with Gasteiger partial charge < -0.3 is 10.1 Å². The average Bonchev–Trinajstić information content (AvgIpc) is 2.55. The number of ether oxygens (including phenoxy) is 1. The molecule has 1 saturated heterocycles. The Labute approximate surface area is 87.4 Å². The first-order chi connectivity index (χ1) is 6.73. The third-order valence-corrected chi connectivity index (χ3v) is 3.86. The van der Waals surface area contributed by atoms with Crippen LogP contribution in [0.2, 0.25) is 0 Å². The smallest absolute Gasteiger partial charge is 0.0559 e. The first kappa shape index (κ1) is 10.4. The first-order valence-electron chi connectivity index (χ1n) is 6.04. The zero-order valence-corrected chi connectivity index (χ0v) is 9.51. The van der Waals surface area contributed by atoms with Crippen LogP contribution in [0, 0.1) is 11.3 Å². The zero-order valence-electron chi connectivity index (χ0n) is 9.51. The maximum Gasteiger partial charge on any atom is 0.0559 e. The fraction of sp³-hybridized carbons (Fsp3) is 1.00. The molecule has 2 rings (SSSR count). The Morgan fingerprint density at radius 2 is 1.93 bits per heavy atom. The van der Waals surface area contributed by atoms with Crippen molar-refractivity contribution in [1.29, 1.82) is 0 Å². The molecule has 0 bridgehead atoms. The van der Waals surface area contributed by atoms with Crippen LogP contribution in [0.15, 0.2) is 0 Å². The van der Waals surface area contributed by atoms with E-state index in [0.717, 1.165) is 25.7 Å². The third-order valence-electron chi connectivity index (χ3n) is 3.86. The summed E-state index contributed by atoms with van der Waals surface area (Å²) in [6.07, 6.45) is 5.74. The van der Waals surface area contributed by atoms with Crippen LogP contribution in [0.5, 0.6) is 0 Å². The average molecular weight is 197 g/mol. The predicted molar refractivity (Wildman–Crippen MR) is 58.3 cm³/mol. The predicted octanol–water partition coefficient (Wildman–Crippen LogP) is 2.19. The summed E-state index contributed by atoms with van der Waals surface area (Å²) in [5.74, 6) is 0.933. The number of rotatable bonds is 4. The Hall–Kier alpha value is -0.0800. The molecule has 0 spiro atoms. The molecule has 0 unspecified atom stereocenters. The van der Waals surface area contributed by atoms with Crippen molar-refractivity contribution in [2.75, 3.05) is 19.8 Å². The van der Waals surface area contributed by atoms with Crippen LogP contribution >= 0.6 is 0 Å². The summed E-state index contributed by atoms with van der Waals surface area (Å²) >= 11 is 0. The molecular formula is C12H23NO. The Morgan fingerprint density at radius 1 is 1.29 bits per heavy atom. The quantitative estimate of drug-likeness (QED) is 0.746. The molecule has 0 aromatic carbocycles. The highest BCUT2D eigenvalue weighted by molar-refractivity contribution is 4.95. The van der Waals surface area contributed by atoms with Crippen molar-refractivity contribution in [2.24, 2.45) is 11.3 Å². The first-order valence-corrected chi connectivity index (χ1v) is 6.04. The number of hydrogen-bond donors (Lipinski definition) is 1. The molecule has 2 aliphatic rings. The molecule has 1 N–H and O–H groups in total. The van der Waals surface area contributed by atoms with Gasteiger partial charge in [-0.25, -0.2) is 0 Å². The van der Waals surface area contributed by atoms with Gasteiger partial charge in [0.1, 0.15) is 0 Å². The molecule has 14 heavy (non-hydrogen) atoms. The topological polar surface area (TPSA) is 21.3 Å². The van der Waals surface area contributed by atoms with Gasteiger partial charge in [-0.1, -0.05) is 26.7 Å². The molecule has 0 aromatic rings. The minimum atomic E-state index is 0.501. The van der Waals surface area contributed by atoms with Crippen LogP contribution in [0.3, 0.4) is 0 Å². The van der Waals surface area contributed by atoms with Crippen LogP contribution in [-0.2, 0) is 4.74 Å². The SMILES string of the molecule is CC(C)NCC1(C2CCCC2)COC1. The van der Waals surface area contributed by atoms with E-state index in [1.165, 1.54) is 25.7 Å². The van der Waals surface area contributed by atoms with Gasteiger partial charge in [0.15, 0.2) is 0 Å². The standard InChI is InChI=1S/C12H23NO/c1-10(2)13-7-12(8-14-9-12)11-5-3-4-6-11/h10-11,13H,3-9H2,1-2H3. The third kappa shape index (κ3) is 1.96. The monoisotopic (exact) mass is 197 g/mol. The van der Waals surface area contributed by atoms with E-state index in [-0.39, 0.29) is 0 Å². The summed E-state index contributed by atoms with van der Waals surface area (Å²) < 4.78 is 5.44. The summed E-state index contributed by atoms with van der Waals surface area (Å²) in [5, 5.41) is 3.59. The Bertz CT molecular complexity index is 181. The van der Waals surface area contributed by atoms with Crippen molar-refractivity contribution < 1.29 is 4.74 Å². The lowest BCUT2D eigenvalue weighted by molar-refractivity contribution is -0.143. The van der Waals surface area contributed by atoms with Gasteiger partial charge in [0.05, 0.1) is 13.2 Å². The van der Waals surface area contributed by atoms with Crippen LogP contribution in [0.1, 0.15) is 39.5 Å². The summed E-state index contributed by atoms with van der Waals surface area (Å²) in [6, 6.07) is 0.605. The maximum absolute atomic E-state index is 5.44. The Morgan fingerprint density at radius 3 is 2.36 bits per heavy atom. The van der Waals surface area contributed by atoms with E-state index in [9.17, 15) is 0 Å². The fourth-order valence-electron chi connectivity index (χ4n) is 2.79. The van der Waals surface area contributed by atoms with Gasteiger partial charge in [0, 0.05) is 18.0 Å². The summed E-state index contributed by atoms with van der Waals surface area (Å²) in [5.41, 5.74) is 0.501. The second-order valence-corrected chi connectivity index (χ2v) is 5.37. The van der Waals surface area contributed by atoms with Gasteiger partial charge in [0.25, 0.3) is 0 Å². The second-order valence-electron chi connectivity index (χ2n) is 5.37. The molecule has 2 nitrogen and oxygen atoms in total. The second kappa shape index (κ2) is 4.19. The van der Waals surface area contributed by atoms with Crippen LogP contribution < -0.4 is 5.32 Å².